The summed E-state index contributed by atoms with van der Waals surface area (Å²) in [6, 6.07) is 13.8. The first-order chi connectivity index (χ1) is 12.2. The first-order valence-electron chi connectivity index (χ1n) is 7.83. The number of hydrogen-bond donors (Lipinski definition) is 2. The quantitative estimate of drug-likeness (QED) is 0.817. The van der Waals surface area contributed by atoms with Crippen LogP contribution in [0.3, 0.4) is 0 Å². The van der Waals surface area contributed by atoms with Crippen LogP contribution in [-0.4, -0.2) is 20.6 Å². The van der Waals surface area contributed by atoms with Crippen LogP contribution in [0.1, 0.15) is 28.8 Å². The van der Waals surface area contributed by atoms with Crippen LogP contribution >= 0.6 is 11.6 Å². The molecule has 0 radical (unpaired) electrons. The molecule has 8 heteroatoms. The van der Waals surface area contributed by atoms with Gasteiger partial charge in [-0.3, -0.25) is 9.52 Å². The number of carbonyl (C=O) groups excluding carboxylic acids is 1. The number of nitrogens with one attached hydrogen (secondary N) is 2. The fourth-order valence-corrected chi connectivity index (χ4v) is 3.40. The number of nitrogens with zero attached hydrogens (tertiary/aromatic N) is 1. The van der Waals surface area contributed by atoms with Crippen molar-refractivity contribution >= 4 is 38.9 Å². The highest BCUT2D eigenvalue weighted by Crippen LogP contribution is 2.47. The van der Waals surface area contributed by atoms with Crippen LogP contribution in [0.25, 0.3) is 0 Å². The number of hydrogen-bond acceptors (Lipinski definition) is 4. The highest BCUT2D eigenvalue weighted by Gasteiger charge is 2.44. The summed E-state index contributed by atoms with van der Waals surface area (Å²) < 4.78 is 25.0. The number of anilines is 2. The summed E-state index contributed by atoms with van der Waals surface area (Å²) in [5.41, 5.74) is 1.57. The Hall–Kier alpha value is -2.56. The fraction of sp³-hybridized carbons (Fsp3) is 0.222. The highest BCUT2D eigenvalue weighted by molar-refractivity contribution is 7.92. The average Bonchev–Trinajstić information content (AvgIpc) is 3.37. The molecule has 1 amide bonds. The SMILES string of the molecule is CS(=O)(=O)Nc1cc(C(=O)Nc2ccc(C3(C#N)CC3)cc2)ccc1Cl. The van der Waals surface area contributed by atoms with Crippen molar-refractivity contribution in [1.29, 1.82) is 5.26 Å². The predicted molar refractivity (Wildman–Crippen MR) is 101 cm³/mol. The lowest BCUT2D eigenvalue weighted by molar-refractivity contribution is 0.102. The molecule has 6 nitrogen and oxygen atoms in total. The Balaban J connectivity index is 1.76. The highest BCUT2D eigenvalue weighted by atomic mass is 35.5. The Labute approximate surface area is 156 Å². The van der Waals surface area contributed by atoms with E-state index in [1.165, 1.54) is 18.2 Å². The van der Waals surface area contributed by atoms with Crippen molar-refractivity contribution in [2.75, 3.05) is 16.3 Å². The number of benzene rings is 2. The smallest absolute Gasteiger partial charge is 0.255 e. The van der Waals surface area contributed by atoms with Gasteiger partial charge >= 0.3 is 0 Å². The summed E-state index contributed by atoms with van der Waals surface area (Å²) in [7, 11) is -3.51. The molecule has 2 aromatic carbocycles. The van der Waals surface area contributed by atoms with E-state index >= 15 is 0 Å². The maximum Gasteiger partial charge on any atom is 0.255 e. The van der Waals surface area contributed by atoms with Gasteiger partial charge in [0.2, 0.25) is 10.0 Å². The number of amides is 1. The first kappa shape index (κ1) is 18.2. The maximum atomic E-state index is 12.4. The number of nitriles is 1. The zero-order chi connectivity index (χ0) is 18.9. The Morgan fingerprint density at radius 2 is 1.85 bits per heavy atom. The van der Waals surface area contributed by atoms with Gasteiger partial charge in [-0.2, -0.15) is 5.26 Å². The van der Waals surface area contributed by atoms with Crippen LogP contribution in [0, 0.1) is 11.3 Å². The molecule has 134 valence electrons. The molecule has 3 rings (SSSR count). The summed E-state index contributed by atoms with van der Waals surface area (Å²) in [6.07, 6.45) is 2.72. The van der Waals surface area contributed by atoms with Crippen LogP contribution in [-0.2, 0) is 15.4 Å². The summed E-state index contributed by atoms with van der Waals surface area (Å²) in [6.45, 7) is 0. The van der Waals surface area contributed by atoms with E-state index in [9.17, 15) is 18.5 Å². The molecule has 0 aromatic heterocycles. The molecule has 1 fully saturated rings. The van der Waals surface area contributed by atoms with E-state index in [2.05, 4.69) is 16.1 Å². The second kappa shape index (κ2) is 6.63. The second-order valence-electron chi connectivity index (χ2n) is 6.29. The summed E-state index contributed by atoms with van der Waals surface area (Å²) in [4.78, 5) is 12.4. The third-order valence-corrected chi connectivity index (χ3v) is 5.10. The summed E-state index contributed by atoms with van der Waals surface area (Å²) in [5, 5.41) is 12.2. The van der Waals surface area contributed by atoms with Crippen LogP contribution < -0.4 is 10.0 Å². The Kier molecular flexibility index (Phi) is 4.65. The summed E-state index contributed by atoms with van der Waals surface area (Å²) >= 11 is 5.96. The molecule has 0 unspecified atom stereocenters. The lowest BCUT2D eigenvalue weighted by Crippen LogP contribution is -2.14. The van der Waals surface area contributed by atoms with E-state index in [1.54, 1.807) is 12.1 Å². The van der Waals surface area contributed by atoms with E-state index in [1.807, 2.05) is 12.1 Å². The average molecular weight is 390 g/mol. The van der Waals surface area contributed by atoms with Crippen LogP contribution in [0.4, 0.5) is 11.4 Å². The Morgan fingerprint density at radius 3 is 2.38 bits per heavy atom. The third-order valence-electron chi connectivity index (χ3n) is 4.18. The summed E-state index contributed by atoms with van der Waals surface area (Å²) in [5.74, 6) is -0.396. The van der Waals surface area contributed by atoms with Crippen LogP contribution in [0.2, 0.25) is 5.02 Å². The van der Waals surface area contributed by atoms with Crippen molar-refractivity contribution in [2.45, 2.75) is 18.3 Å². The lowest BCUT2D eigenvalue weighted by Gasteiger charge is -2.11. The zero-order valence-corrected chi connectivity index (χ0v) is 15.5. The third kappa shape index (κ3) is 3.98. The second-order valence-corrected chi connectivity index (χ2v) is 8.45. The van der Waals surface area contributed by atoms with Gasteiger partial charge in [0.05, 0.1) is 28.5 Å². The van der Waals surface area contributed by atoms with Crippen LogP contribution in [0.5, 0.6) is 0 Å². The van der Waals surface area contributed by atoms with Gasteiger partial charge in [-0.25, -0.2) is 8.42 Å². The van der Waals surface area contributed by atoms with Gasteiger partial charge in [-0.1, -0.05) is 23.7 Å². The van der Waals surface area contributed by atoms with Crippen molar-refractivity contribution in [3.63, 3.8) is 0 Å². The van der Waals surface area contributed by atoms with E-state index in [0.29, 0.717) is 5.69 Å². The predicted octanol–water partition coefficient (Wildman–Crippen LogP) is 3.52. The molecule has 26 heavy (non-hydrogen) atoms. The molecule has 2 aromatic rings. The van der Waals surface area contributed by atoms with Crippen molar-refractivity contribution in [1.82, 2.24) is 0 Å². The molecule has 0 aliphatic heterocycles. The van der Waals surface area contributed by atoms with Gasteiger partial charge in [0.15, 0.2) is 0 Å². The Morgan fingerprint density at radius 1 is 1.19 bits per heavy atom. The minimum Gasteiger partial charge on any atom is -0.322 e. The molecule has 1 saturated carbocycles. The number of halogens is 1. The van der Waals surface area contributed by atoms with E-state index in [0.717, 1.165) is 24.7 Å². The lowest BCUT2D eigenvalue weighted by atomic mass is 9.98. The first-order valence-corrected chi connectivity index (χ1v) is 10.1. The van der Waals surface area contributed by atoms with E-state index in [4.69, 9.17) is 11.6 Å². The van der Waals surface area contributed by atoms with Gasteiger partial charge in [-0.15, -0.1) is 0 Å². The normalized spacial score (nSPS) is 15.0. The van der Waals surface area contributed by atoms with Crippen LogP contribution in [0.15, 0.2) is 42.5 Å². The molecule has 1 aliphatic carbocycles. The van der Waals surface area contributed by atoms with E-state index in [-0.39, 0.29) is 21.7 Å². The van der Waals surface area contributed by atoms with Gasteiger partial charge in [0.25, 0.3) is 5.91 Å². The molecule has 2 N–H and O–H groups in total. The topological polar surface area (TPSA) is 99.1 Å². The molecule has 1 aliphatic rings. The zero-order valence-electron chi connectivity index (χ0n) is 13.9. The van der Waals surface area contributed by atoms with Crippen molar-refractivity contribution < 1.29 is 13.2 Å². The van der Waals surface area contributed by atoms with Crippen molar-refractivity contribution in [3.8, 4) is 6.07 Å². The van der Waals surface area contributed by atoms with Crippen molar-refractivity contribution in [2.24, 2.45) is 0 Å². The fourth-order valence-electron chi connectivity index (χ4n) is 2.61. The minimum absolute atomic E-state index is 0.141. The molecule has 0 spiro atoms. The molecular formula is C18H16ClN3O3S. The largest absolute Gasteiger partial charge is 0.322 e. The maximum absolute atomic E-state index is 12.4. The molecular weight excluding hydrogens is 374 g/mol. The molecule has 0 heterocycles. The number of carbonyl (C=O) groups is 1. The Bertz CT molecular complexity index is 1010. The number of rotatable bonds is 5. The van der Waals surface area contributed by atoms with Gasteiger partial charge in [0, 0.05) is 11.3 Å². The van der Waals surface area contributed by atoms with Gasteiger partial charge < -0.3 is 5.32 Å². The van der Waals surface area contributed by atoms with Crippen molar-refractivity contribution in [3.05, 3.63) is 58.6 Å². The van der Waals surface area contributed by atoms with E-state index < -0.39 is 15.9 Å². The molecule has 0 bridgehead atoms. The minimum atomic E-state index is -3.51. The van der Waals surface area contributed by atoms with Gasteiger partial charge in [0.1, 0.15) is 0 Å². The monoisotopic (exact) mass is 389 g/mol. The van der Waals surface area contributed by atoms with Gasteiger partial charge in [-0.05, 0) is 48.7 Å². The molecule has 0 atom stereocenters. The number of sulfonamides is 1. The molecule has 0 saturated heterocycles. The standard InChI is InChI=1S/C18H16ClN3O3S/c1-26(24,25)22-16-10-12(2-7-15(16)19)17(23)21-14-5-3-13(4-6-14)18(11-20)8-9-18/h2-7,10,22H,8-9H2,1H3,(H,21,23).